The molecule has 0 atom stereocenters. The van der Waals surface area contributed by atoms with Crippen LogP contribution in [0.2, 0.25) is 0 Å². The van der Waals surface area contributed by atoms with E-state index >= 15 is 0 Å². The van der Waals surface area contributed by atoms with Crippen molar-refractivity contribution in [1.82, 2.24) is 15.0 Å². The molecule has 0 N–H and O–H groups in total. The molecule has 0 radical (unpaired) electrons. The Kier molecular flexibility index (Phi) is 3.64. The molecule has 0 amide bonds. The van der Waals surface area contributed by atoms with Gasteiger partial charge in [-0.15, -0.1) is 0 Å². The van der Waals surface area contributed by atoms with Crippen molar-refractivity contribution in [2.24, 2.45) is 0 Å². The van der Waals surface area contributed by atoms with E-state index in [1.54, 1.807) is 25.4 Å². The minimum absolute atomic E-state index is 0.297. The second kappa shape index (κ2) is 5.60. The number of nitrogens with zero attached hydrogens (tertiary/aromatic N) is 3. The van der Waals surface area contributed by atoms with Gasteiger partial charge in [0.2, 0.25) is 0 Å². The predicted molar refractivity (Wildman–Crippen MR) is 77.9 cm³/mol. The van der Waals surface area contributed by atoms with Crippen LogP contribution in [0.25, 0.3) is 11.4 Å². The smallest absolute Gasteiger partial charge is 0.339 e. The predicted octanol–water partition coefficient (Wildman–Crippen LogP) is 2.90. The van der Waals surface area contributed by atoms with E-state index in [1.807, 2.05) is 13.0 Å². The van der Waals surface area contributed by atoms with Crippen molar-refractivity contribution in [3.8, 4) is 11.4 Å². The number of carbonyl (C=O) groups excluding carboxylic acids is 1. The highest BCUT2D eigenvalue weighted by atomic mass is 16.5. The molecule has 0 aromatic carbocycles. The minimum Gasteiger partial charge on any atom is -0.462 e. The first-order valence-electron chi connectivity index (χ1n) is 7.16. The summed E-state index contributed by atoms with van der Waals surface area (Å²) in [6.07, 6.45) is 5.46. The molecule has 108 valence electrons. The van der Waals surface area contributed by atoms with E-state index in [-0.39, 0.29) is 5.97 Å². The highest BCUT2D eigenvalue weighted by molar-refractivity contribution is 5.91. The van der Waals surface area contributed by atoms with Gasteiger partial charge in [-0.3, -0.25) is 9.97 Å². The summed E-state index contributed by atoms with van der Waals surface area (Å²) in [5.74, 6) is 0.0654. The number of aromatic nitrogens is 3. The zero-order chi connectivity index (χ0) is 14.8. The average Bonchev–Trinajstić information content (AvgIpc) is 3.32. The quantitative estimate of drug-likeness (QED) is 0.807. The van der Waals surface area contributed by atoms with Gasteiger partial charge < -0.3 is 4.74 Å². The maximum absolute atomic E-state index is 12.0. The molecular formula is C16H17N3O2. The fourth-order valence-corrected chi connectivity index (χ4v) is 2.32. The Hall–Kier alpha value is -2.30. The molecule has 21 heavy (non-hydrogen) atoms. The maximum Gasteiger partial charge on any atom is 0.339 e. The molecule has 5 nitrogen and oxygen atoms in total. The highest BCUT2D eigenvalue weighted by Crippen LogP contribution is 2.41. The van der Waals surface area contributed by atoms with Gasteiger partial charge in [0.25, 0.3) is 0 Å². The third kappa shape index (κ3) is 2.77. The van der Waals surface area contributed by atoms with Crippen molar-refractivity contribution in [2.45, 2.75) is 32.6 Å². The van der Waals surface area contributed by atoms with E-state index in [0.29, 0.717) is 18.1 Å². The molecular weight excluding hydrogens is 266 g/mol. The molecule has 0 aliphatic heterocycles. The summed E-state index contributed by atoms with van der Waals surface area (Å²) in [6.45, 7) is 4.08. The molecule has 2 heterocycles. The van der Waals surface area contributed by atoms with Crippen LogP contribution < -0.4 is 0 Å². The average molecular weight is 283 g/mol. The summed E-state index contributed by atoms with van der Waals surface area (Å²) in [4.78, 5) is 25.3. The van der Waals surface area contributed by atoms with Crippen molar-refractivity contribution in [1.29, 1.82) is 0 Å². The van der Waals surface area contributed by atoms with Crippen molar-refractivity contribution < 1.29 is 9.53 Å². The van der Waals surface area contributed by atoms with Crippen LogP contribution in [0.3, 0.4) is 0 Å². The minimum atomic E-state index is -0.297. The molecule has 1 fully saturated rings. The molecule has 0 unspecified atom stereocenters. The fourth-order valence-electron chi connectivity index (χ4n) is 2.32. The van der Waals surface area contributed by atoms with Gasteiger partial charge in [-0.05, 0) is 38.8 Å². The fraction of sp³-hybridized carbons (Fsp3) is 0.375. The second-order valence-electron chi connectivity index (χ2n) is 5.11. The van der Waals surface area contributed by atoms with Crippen LogP contribution in [0, 0.1) is 6.92 Å². The van der Waals surface area contributed by atoms with Gasteiger partial charge in [0.05, 0.1) is 29.3 Å². The Morgan fingerprint density at radius 3 is 2.71 bits per heavy atom. The second-order valence-corrected chi connectivity index (χ2v) is 5.11. The van der Waals surface area contributed by atoms with E-state index in [9.17, 15) is 4.79 Å². The Bertz CT molecular complexity index is 681. The van der Waals surface area contributed by atoms with Crippen LogP contribution in [0.15, 0.2) is 24.5 Å². The van der Waals surface area contributed by atoms with E-state index < -0.39 is 0 Å². The molecule has 0 saturated heterocycles. The summed E-state index contributed by atoms with van der Waals surface area (Å²) in [5, 5.41) is 0. The number of esters is 1. The van der Waals surface area contributed by atoms with Crippen LogP contribution in [0.1, 0.15) is 47.4 Å². The van der Waals surface area contributed by atoms with E-state index in [1.165, 1.54) is 0 Å². The lowest BCUT2D eigenvalue weighted by molar-refractivity contribution is 0.0524. The molecule has 5 heteroatoms. The lowest BCUT2D eigenvalue weighted by Gasteiger charge is -2.10. The first-order chi connectivity index (χ1) is 10.2. The number of aryl methyl sites for hydroxylation is 1. The topological polar surface area (TPSA) is 65.0 Å². The molecule has 2 aromatic heterocycles. The monoisotopic (exact) mass is 283 g/mol. The van der Waals surface area contributed by atoms with E-state index in [2.05, 4.69) is 15.0 Å². The van der Waals surface area contributed by atoms with Crippen molar-refractivity contribution in [3.05, 3.63) is 41.5 Å². The largest absolute Gasteiger partial charge is 0.462 e. The zero-order valence-corrected chi connectivity index (χ0v) is 12.2. The van der Waals surface area contributed by atoms with Crippen LogP contribution in [0.4, 0.5) is 0 Å². The van der Waals surface area contributed by atoms with Gasteiger partial charge in [0, 0.05) is 18.3 Å². The lowest BCUT2D eigenvalue weighted by Crippen LogP contribution is -2.10. The van der Waals surface area contributed by atoms with Gasteiger partial charge >= 0.3 is 5.97 Å². The van der Waals surface area contributed by atoms with E-state index in [0.717, 1.165) is 35.6 Å². The van der Waals surface area contributed by atoms with Crippen LogP contribution in [-0.2, 0) is 4.74 Å². The molecule has 0 spiro atoms. The van der Waals surface area contributed by atoms with Crippen LogP contribution >= 0.6 is 0 Å². The molecule has 2 aromatic rings. The lowest BCUT2D eigenvalue weighted by atomic mass is 10.1. The number of rotatable bonds is 4. The van der Waals surface area contributed by atoms with Crippen molar-refractivity contribution in [2.75, 3.05) is 6.61 Å². The number of carbonyl (C=O) groups is 1. The van der Waals surface area contributed by atoms with Gasteiger partial charge in [0.1, 0.15) is 5.69 Å². The molecule has 0 bridgehead atoms. The highest BCUT2D eigenvalue weighted by Gasteiger charge is 2.30. The number of ether oxygens (including phenoxy) is 1. The van der Waals surface area contributed by atoms with Crippen LogP contribution in [-0.4, -0.2) is 27.5 Å². The van der Waals surface area contributed by atoms with Gasteiger partial charge in [0.15, 0.2) is 0 Å². The number of hydrogen-bond acceptors (Lipinski definition) is 5. The Morgan fingerprint density at radius 1 is 1.29 bits per heavy atom. The van der Waals surface area contributed by atoms with Gasteiger partial charge in [-0.2, -0.15) is 0 Å². The maximum atomic E-state index is 12.0. The molecule has 1 saturated carbocycles. The Morgan fingerprint density at radius 2 is 2.05 bits per heavy atom. The summed E-state index contributed by atoms with van der Waals surface area (Å²) >= 11 is 0. The molecule has 1 aliphatic carbocycles. The summed E-state index contributed by atoms with van der Waals surface area (Å²) in [7, 11) is 0. The van der Waals surface area contributed by atoms with Crippen LogP contribution in [0.5, 0.6) is 0 Å². The standard InChI is InChI=1S/C16H17N3O2/c1-3-21-16(20)12-6-7-13(19-15(12)11-4-5-11)14-10(2)17-8-9-18-14/h6-9,11H,3-5H2,1-2H3. The van der Waals surface area contributed by atoms with Gasteiger partial charge in [-0.25, -0.2) is 9.78 Å². The summed E-state index contributed by atoms with van der Waals surface area (Å²) in [5.41, 5.74) is 3.75. The SMILES string of the molecule is CCOC(=O)c1ccc(-c2nccnc2C)nc1C1CC1. The summed E-state index contributed by atoms with van der Waals surface area (Å²) in [6, 6.07) is 3.61. The third-order valence-corrected chi connectivity index (χ3v) is 3.51. The molecule has 3 rings (SSSR count). The summed E-state index contributed by atoms with van der Waals surface area (Å²) < 4.78 is 5.11. The van der Waals surface area contributed by atoms with Gasteiger partial charge in [-0.1, -0.05) is 0 Å². The van der Waals surface area contributed by atoms with Crippen molar-refractivity contribution >= 4 is 5.97 Å². The zero-order valence-electron chi connectivity index (χ0n) is 12.2. The first-order valence-corrected chi connectivity index (χ1v) is 7.16. The Labute approximate surface area is 123 Å². The number of hydrogen-bond donors (Lipinski definition) is 0. The van der Waals surface area contributed by atoms with Crippen molar-refractivity contribution in [3.63, 3.8) is 0 Å². The normalized spacial score (nSPS) is 14.0. The third-order valence-electron chi connectivity index (χ3n) is 3.51. The van der Waals surface area contributed by atoms with E-state index in [4.69, 9.17) is 4.74 Å². The Balaban J connectivity index is 2.04. The number of pyridine rings is 1. The molecule has 1 aliphatic rings. The first kappa shape index (κ1) is 13.7.